The normalized spacial score (nSPS) is 14.6. The molecule has 0 unspecified atom stereocenters. The second-order valence-electron chi connectivity index (χ2n) is 5.65. The van der Waals surface area contributed by atoms with Crippen LogP contribution < -0.4 is 19.7 Å². The minimum atomic E-state index is -3.70. The quantitative estimate of drug-likeness (QED) is 0.801. The molecule has 0 spiro atoms. The van der Waals surface area contributed by atoms with Crippen molar-refractivity contribution in [2.24, 2.45) is 0 Å². The zero-order chi connectivity index (χ0) is 18.0. The number of hydrogen-bond donors (Lipinski definition) is 2. The molecule has 1 aliphatic heterocycles. The van der Waals surface area contributed by atoms with E-state index in [1.807, 2.05) is 6.92 Å². The van der Waals surface area contributed by atoms with Gasteiger partial charge in [0.05, 0.1) is 29.9 Å². The number of hydrogen-bond acceptors (Lipinski definition) is 4. The number of ether oxygens (including phenoxy) is 1. The summed E-state index contributed by atoms with van der Waals surface area (Å²) >= 11 is 5.22. The van der Waals surface area contributed by atoms with Crippen molar-refractivity contribution < 1.29 is 13.2 Å². The summed E-state index contributed by atoms with van der Waals surface area (Å²) in [6, 6.07) is 12.0. The summed E-state index contributed by atoms with van der Waals surface area (Å²) in [4.78, 5) is 0.253. The van der Waals surface area contributed by atoms with Crippen molar-refractivity contribution in [1.82, 2.24) is 5.32 Å². The SMILES string of the molecule is COc1ccc2c(c1)NC(=S)NCCN2S(=O)(=O)c1ccc(C)cc1. The average molecular weight is 377 g/mol. The lowest BCUT2D eigenvalue weighted by molar-refractivity contribution is 0.415. The molecule has 2 aromatic rings. The molecule has 8 heteroatoms. The lowest BCUT2D eigenvalue weighted by Crippen LogP contribution is -2.42. The van der Waals surface area contributed by atoms with Crippen LogP contribution in [0.15, 0.2) is 47.4 Å². The van der Waals surface area contributed by atoms with E-state index in [0.29, 0.717) is 28.8 Å². The van der Waals surface area contributed by atoms with Crippen LogP contribution >= 0.6 is 12.2 Å². The van der Waals surface area contributed by atoms with Crippen molar-refractivity contribution >= 4 is 38.7 Å². The van der Waals surface area contributed by atoms with E-state index in [1.165, 1.54) is 4.31 Å². The fourth-order valence-corrected chi connectivity index (χ4v) is 4.30. The number of benzene rings is 2. The summed E-state index contributed by atoms with van der Waals surface area (Å²) in [5, 5.41) is 6.48. The van der Waals surface area contributed by atoms with E-state index < -0.39 is 10.0 Å². The number of nitrogens with one attached hydrogen (secondary N) is 2. The predicted octanol–water partition coefficient (Wildman–Crippen LogP) is 2.50. The van der Waals surface area contributed by atoms with Gasteiger partial charge < -0.3 is 15.4 Å². The molecule has 0 aliphatic carbocycles. The molecule has 0 bridgehead atoms. The van der Waals surface area contributed by atoms with Crippen molar-refractivity contribution in [2.75, 3.05) is 29.8 Å². The van der Waals surface area contributed by atoms with Crippen LogP contribution in [0.4, 0.5) is 11.4 Å². The summed E-state index contributed by atoms with van der Waals surface area (Å²) in [6.45, 7) is 2.59. The number of thiocarbonyl (C=S) groups is 1. The van der Waals surface area contributed by atoms with E-state index in [2.05, 4.69) is 10.6 Å². The molecule has 25 heavy (non-hydrogen) atoms. The Labute approximate surface area is 152 Å². The highest BCUT2D eigenvalue weighted by Crippen LogP contribution is 2.34. The number of fused-ring (bicyclic) bond motifs is 1. The van der Waals surface area contributed by atoms with Gasteiger partial charge in [-0.15, -0.1) is 0 Å². The second-order valence-corrected chi connectivity index (χ2v) is 7.92. The Morgan fingerprint density at radius 3 is 2.56 bits per heavy atom. The number of anilines is 2. The molecule has 0 fully saturated rings. The molecule has 1 aliphatic rings. The molecule has 3 rings (SSSR count). The van der Waals surface area contributed by atoms with Crippen molar-refractivity contribution in [3.63, 3.8) is 0 Å². The van der Waals surface area contributed by atoms with Gasteiger partial charge in [0.2, 0.25) is 0 Å². The van der Waals surface area contributed by atoms with Gasteiger partial charge in [0, 0.05) is 12.6 Å². The van der Waals surface area contributed by atoms with Gasteiger partial charge in [0.25, 0.3) is 10.0 Å². The molecule has 6 nitrogen and oxygen atoms in total. The summed E-state index contributed by atoms with van der Waals surface area (Å²) in [5.41, 5.74) is 2.11. The molecule has 0 atom stereocenters. The van der Waals surface area contributed by atoms with Gasteiger partial charge in [0.1, 0.15) is 5.75 Å². The van der Waals surface area contributed by atoms with E-state index in [4.69, 9.17) is 17.0 Å². The third kappa shape index (κ3) is 3.54. The van der Waals surface area contributed by atoms with Gasteiger partial charge in [0.15, 0.2) is 5.11 Å². The Bertz CT molecular complexity index is 896. The summed E-state index contributed by atoms with van der Waals surface area (Å²) < 4.78 is 33.0. The van der Waals surface area contributed by atoms with Crippen LogP contribution in [0.2, 0.25) is 0 Å². The molecule has 0 aromatic heterocycles. The summed E-state index contributed by atoms with van der Waals surface area (Å²) in [6.07, 6.45) is 0. The van der Waals surface area contributed by atoms with Crippen molar-refractivity contribution in [1.29, 1.82) is 0 Å². The van der Waals surface area contributed by atoms with Crippen molar-refractivity contribution in [2.45, 2.75) is 11.8 Å². The maximum absolute atomic E-state index is 13.2. The Morgan fingerprint density at radius 2 is 1.88 bits per heavy atom. The first-order valence-electron chi connectivity index (χ1n) is 7.74. The summed E-state index contributed by atoms with van der Waals surface area (Å²) in [7, 11) is -2.14. The third-order valence-corrected chi connectivity index (χ3v) is 6.00. The van der Waals surface area contributed by atoms with Crippen LogP contribution in [0.5, 0.6) is 5.75 Å². The first-order valence-corrected chi connectivity index (χ1v) is 9.59. The highest BCUT2D eigenvalue weighted by molar-refractivity contribution is 7.92. The number of sulfonamides is 1. The van der Waals surface area contributed by atoms with Gasteiger partial charge in [-0.25, -0.2) is 8.42 Å². The Hall–Kier alpha value is -2.32. The number of rotatable bonds is 3. The number of methoxy groups -OCH3 is 1. The van der Waals surface area contributed by atoms with Gasteiger partial charge in [-0.2, -0.15) is 0 Å². The Kier molecular flexibility index (Phi) is 4.82. The van der Waals surface area contributed by atoms with Crippen molar-refractivity contribution in [3.05, 3.63) is 48.0 Å². The number of nitrogens with zero attached hydrogens (tertiary/aromatic N) is 1. The van der Waals surface area contributed by atoms with Crippen LogP contribution in [-0.2, 0) is 10.0 Å². The van der Waals surface area contributed by atoms with E-state index >= 15 is 0 Å². The summed E-state index contributed by atoms with van der Waals surface area (Å²) in [5.74, 6) is 0.613. The maximum Gasteiger partial charge on any atom is 0.264 e. The minimum Gasteiger partial charge on any atom is -0.497 e. The third-order valence-electron chi connectivity index (χ3n) is 3.93. The maximum atomic E-state index is 13.2. The van der Waals surface area contributed by atoms with Gasteiger partial charge in [-0.3, -0.25) is 4.31 Å². The largest absolute Gasteiger partial charge is 0.497 e. The highest BCUT2D eigenvalue weighted by Gasteiger charge is 2.28. The molecule has 0 amide bonds. The molecule has 2 N–H and O–H groups in total. The Balaban J connectivity index is 2.11. The molecule has 0 saturated heterocycles. The second kappa shape index (κ2) is 6.89. The van der Waals surface area contributed by atoms with Crippen LogP contribution in [0.3, 0.4) is 0 Å². The highest BCUT2D eigenvalue weighted by atomic mass is 32.2. The van der Waals surface area contributed by atoms with E-state index in [1.54, 1.807) is 49.6 Å². The first-order chi connectivity index (χ1) is 11.9. The van der Waals surface area contributed by atoms with E-state index in [-0.39, 0.29) is 11.4 Å². The molecular formula is C17H19N3O3S2. The number of aryl methyl sites for hydroxylation is 1. The zero-order valence-electron chi connectivity index (χ0n) is 13.9. The lowest BCUT2D eigenvalue weighted by atomic mass is 10.2. The standard InChI is InChI=1S/C17H19N3O3S2/c1-12-3-6-14(7-4-12)25(21,22)20-10-9-18-17(24)19-15-11-13(23-2)5-8-16(15)20/h3-8,11H,9-10H2,1-2H3,(H2,18,19,24). The molecule has 2 aromatic carbocycles. The molecule has 132 valence electrons. The van der Waals surface area contributed by atoms with Crippen molar-refractivity contribution in [3.8, 4) is 5.75 Å². The van der Waals surface area contributed by atoms with Crippen LogP contribution in [0.1, 0.15) is 5.56 Å². The van der Waals surface area contributed by atoms with E-state index in [9.17, 15) is 8.42 Å². The van der Waals surface area contributed by atoms with E-state index in [0.717, 1.165) is 5.56 Å². The van der Waals surface area contributed by atoms with Gasteiger partial charge >= 0.3 is 0 Å². The minimum absolute atomic E-state index is 0.253. The van der Waals surface area contributed by atoms with Crippen LogP contribution in [0.25, 0.3) is 0 Å². The molecule has 0 saturated carbocycles. The molecular weight excluding hydrogens is 358 g/mol. The zero-order valence-corrected chi connectivity index (χ0v) is 15.6. The average Bonchev–Trinajstić information content (AvgIpc) is 2.57. The fraction of sp³-hybridized carbons (Fsp3) is 0.235. The van der Waals surface area contributed by atoms with Crippen LogP contribution in [-0.4, -0.2) is 33.7 Å². The fourth-order valence-electron chi connectivity index (χ4n) is 2.60. The monoisotopic (exact) mass is 377 g/mol. The lowest BCUT2D eigenvalue weighted by Gasteiger charge is -2.30. The van der Waals surface area contributed by atoms with Gasteiger partial charge in [-0.05, 0) is 43.4 Å². The molecule has 1 heterocycles. The van der Waals surface area contributed by atoms with Gasteiger partial charge in [-0.1, -0.05) is 17.7 Å². The Morgan fingerprint density at radius 1 is 1.16 bits per heavy atom. The molecule has 0 radical (unpaired) electrons. The topological polar surface area (TPSA) is 70.7 Å². The van der Waals surface area contributed by atoms with Crippen LogP contribution in [0, 0.1) is 6.92 Å². The first kappa shape index (κ1) is 17.5. The predicted molar refractivity (Wildman–Crippen MR) is 103 cm³/mol. The smallest absolute Gasteiger partial charge is 0.264 e.